The molecule has 0 spiro atoms. The number of carboxylic acids is 2. The van der Waals surface area contributed by atoms with Gasteiger partial charge in [-0.3, -0.25) is 0 Å². The van der Waals surface area contributed by atoms with Crippen LogP contribution in [-0.2, 0) is 9.59 Å². The molecule has 0 saturated heterocycles. The lowest BCUT2D eigenvalue weighted by molar-refractivity contribution is -0.135. The van der Waals surface area contributed by atoms with Crippen molar-refractivity contribution >= 4 is 22.2 Å². The van der Waals surface area contributed by atoms with Crippen LogP contribution in [0.2, 0.25) is 5.54 Å². The van der Waals surface area contributed by atoms with Crippen molar-refractivity contribution in [3.8, 4) is 0 Å². The fourth-order valence-corrected chi connectivity index (χ4v) is 2.40. The summed E-state index contributed by atoms with van der Waals surface area (Å²) in [6, 6.07) is 0. The highest BCUT2D eigenvalue weighted by atomic mass is 28.1. The van der Waals surface area contributed by atoms with Crippen molar-refractivity contribution in [2.75, 3.05) is 0 Å². The third-order valence-corrected chi connectivity index (χ3v) is 3.75. The van der Waals surface area contributed by atoms with Gasteiger partial charge < -0.3 is 10.2 Å². The van der Waals surface area contributed by atoms with E-state index in [2.05, 4.69) is 6.92 Å². The molecule has 2 N–H and O–H groups in total. The molecule has 0 aliphatic rings. The smallest absolute Gasteiger partial charge is 0.331 e. The van der Waals surface area contributed by atoms with Crippen molar-refractivity contribution in [1.82, 2.24) is 0 Å². The van der Waals surface area contributed by atoms with E-state index in [1.807, 2.05) is 0 Å². The number of rotatable bonds is 8. The van der Waals surface area contributed by atoms with Crippen LogP contribution in [0.5, 0.6) is 0 Å². The standard InChI is InChI=1S/C11H20O4Si/c1-2-3-4-5-6-9(16)8(11(14)15)7-10(12)13/h7,9H,2-6H2,1,16H3,(H,12,13)(H,14,15)/b8-7-. The molecule has 0 amide bonds. The van der Waals surface area contributed by atoms with E-state index in [-0.39, 0.29) is 11.1 Å². The molecule has 0 bridgehead atoms. The molecule has 0 aromatic rings. The highest BCUT2D eigenvalue weighted by Gasteiger charge is 2.16. The first-order valence-electron chi connectivity index (χ1n) is 5.66. The lowest BCUT2D eigenvalue weighted by Crippen LogP contribution is -2.10. The Bertz CT molecular complexity index is 273. The predicted octanol–water partition coefficient (Wildman–Crippen LogP) is 1.21. The molecule has 0 saturated carbocycles. The summed E-state index contributed by atoms with van der Waals surface area (Å²) in [4.78, 5) is 21.3. The zero-order valence-electron chi connectivity index (χ0n) is 9.90. The summed E-state index contributed by atoms with van der Waals surface area (Å²) in [6.07, 6.45) is 5.99. The molecular weight excluding hydrogens is 224 g/mol. The van der Waals surface area contributed by atoms with Crippen LogP contribution in [-0.4, -0.2) is 32.4 Å². The van der Waals surface area contributed by atoms with E-state index >= 15 is 0 Å². The van der Waals surface area contributed by atoms with Gasteiger partial charge >= 0.3 is 11.9 Å². The maximum Gasteiger partial charge on any atom is 0.331 e. The van der Waals surface area contributed by atoms with E-state index in [9.17, 15) is 9.59 Å². The van der Waals surface area contributed by atoms with Gasteiger partial charge in [-0.1, -0.05) is 32.6 Å². The minimum Gasteiger partial charge on any atom is -0.478 e. The lowest BCUT2D eigenvalue weighted by Gasteiger charge is -2.11. The monoisotopic (exact) mass is 244 g/mol. The maximum absolute atomic E-state index is 10.9. The van der Waals surface area contributed by atoms with Gasteiger partial charge in [0, 0.05) is 21.9 Å². The Kier molecular flexibility index (Phi) is 7.54. The molecule has 5 heteroatoms. The van der Waals surface area contributed by atoms with Crippen LogP contribution >= 0.6 is 0 Å². The molecule has 0 aliphatic carbocycles. The number of carboxylic acid groups (broad SMARTS) is 2. The fraction of sp³-hybridized carbons (Fsp3) is 0.636. The molecule has 16 heavy (non-hydrogen) atoms. The van der Waals surface area contributed by atoms with Crippen molar-refractivity contribution in [2.45, 2.75) is 44.6 Å². The molecule has 0 radical (unpaired) electrons. The third-order valence-electron chi connectivity index (χ3n) is 2.55. The van der Waals surface area contributed by atoms with Crippen molar-refractivity contribution < 1.29 is 19.8 Å². The molecule has 0 aromatic heterocycles. The normalized spacial score (nSPS) is 13.7. The predicted molar refractivity (Wildman–Crippen MR) is 65.8 cm³/mol. The Hall–Kier alpha value is -1.10. The van der Waals surface area contributed by atoms with Gasteiger partial charge in [-0.05, 0) is 12.0 Å². The van der Waals surface area contributed by atoms with E-state index in [1.165, 1.54) is 0 Å². The molecule has 4 nitrogen and oxygen atoms in total. The first kappa shape index (κ1) is 14.9. The molecule has 0 aromatic carbocycles. The quantitative estimate of drug-likeness (QED) is 0.382. The van der Waals surface area contributed by atoms with Crippen LogP contribution in [0.25, 0.3) is 0 Å². The van der Waals surface area contributed by atoms with Gasteiger partial charge in [0.2, 0.25) is 0 Å². The van der Waals surface area contributed by atoms with Crippen LogP contribution < -0.4 is 0 Å². The van der Waals surface area contributed by atoms with Gasteiger partial charge in [-0.2, -0.15) is 0 Å². The van der Waals surface area contributed by atoms with Gasteiger partial charge in [0.25, 0.3) is 0 Å². The van der Waals surface area contributed by atoms with E-state index in [4.69, 9.17) is 10.2 Å². The van der Waals surface area contributed by atoms with E-state index in [1.54, 1.807) is 0 Å². The minimum absolute atomic E-state index is 0.0515. The first-order valence-corrected chi connectivity index (χ1v) is 6.82. The molecule has 1 unspecified atom stereocenters. The Labute approximate surface area is 98.8 Å². The van der Waals surface area contributed by atoms with Crippen LogP contribution in [0.15, 0.2) is 11.6 Å². The summed E-state index contributed by atoms with van der Waals surface area (Å²) in [5.74, 6) is -2.27. The zero-order valence-corrected chi connectivity index (χ0v) is 11.9. The molecule has 0 aliphatic heterocycles. The highest BCUT2D eigenvalue weighted by Crippen LogP contribution is 2.21. The molecule has 0 fully saturated rings. The Balaban J connectivity index is 4.24. The maximum atomic E-state index is 10.9. The van der Waals surface area contributed by atoms with E-state index < -0.39 is 11.9 Å². The highest BCUT2D eigenvalue weighted by molar-refractivity contribution is 6.18. The zero-order chi connectivity index (χ0) is 12.6. The molecule has 1 atom stereocenters. The topological polar surface area (TPSA) is 74.6 Å². The van der Waals surface area contributed by atoms with Crippen molar-refractivity contribution in [2.24, 2.45) is 0 Å². The summed E-state index contributed by atoms with van der Waals surface area (Å²) >= 11 is 0. The number of unbranched alkanes of at least 4 members (excludes halogenated alkanes) is 3. The van der Waals surface area contributed by atoms with Crippen molar-refractivity contribution in [3.05, 3.63) is 11.6 Å². The summed E-state index contributed by atoms with van der Waals surface area (Å²) in [7, 11) is 0.681. The Morgan fingerprint density at radius 3 is 2.31 bits per heavy atom. The van der Waals surface area contributed by atoms with Crippen molar-refractivity contribution in [3.63, 3.8) is 0 Å². The summed E-state index contributed by atoms with van der Waals surface area (Å²) in [6.45, 7) is 2.12. The second-order valence-electron chi connectivity index (χ2n) is 3.99. The van der Waals surface area contributed by atoms with Crippen LogP contribution in [0.1, 0.15) is 39.0 Å². The molecular formula is C11H20O4Si. The lowest BCUT2D eigenvalue weighted by atomic mass is 10.0. The van der Waals surface area contributed by atoms with Crippen LogP contribution in [0, 0.1) is 0 Å². The Morgan fingerprint density at radius 1 is 1.25 bits per heavy atom. The second-order valence-corrected chi connectivity index (χ2v) is 5.39. The van der Waals surface area contributed by atoms with E-state index in [0.717, 1.165) is 38.2 Å². The molecule has 0 rings (SSSR count). The summed E-state index contributed by atoms with van der Waals surface area (Å²) < 4.78 is 0. The van der Waals surface area contributed by atoms with E-state index in [0.29, 0.717) is 10.2 Å². The van der Waals surface area contributed by atoms with Gasteiger partial charge in [-0.15, -0.1) is 0 Å². The Morgan fingerprint density at radius 2 is 1.88 bits per heavy atom. The van der Waals surface area contributed by atoms with Gasteiger partial charge in [0.1, 0.15) is 0 Å². The molecule has 92 valence electrons. The summed E-state index contributed by atoms with van der Waals surface area (Å²) in [5.41, 5.74) is -0.0129. The fourth-order valence-electron chi connectivity index (χ4n) is 1.58. The third kappa shape index (κ3) is 6.39. The van der Waals surface area contributed by atoms with Gasteiger partial charge in [0.15, 0.2) is 0 Å². The number of hydrogen-bond donors (Lipinski definition) is 2. The summed E-state index contributed by atoms with van der Waals surface area (Å²) in [5, 5.41) is 17.5. The second kappa shape index (κ2) is 8.10. The SMILES string of the molecule is CCCCCCC([SiH3])/C(=C/C(=O)O)C(=O)O. The number of aliphatic carboxylic acids is 2. The van der Waals surface area contributed by atoms with Gasteiger partial charge in [-0.25, -0.2) is 9.59 Å². The minimum atomic E-state index is -1.17. The van der Waals surface area contributed by atoms with Crippen molar-refractivity contribution in [1.29, 1.82) is 0 Å². The number of hydrogen-bond acceptors (Lipinski definition) is 2. The largest absolute Gasteiger partial charge is 0.478 e. The van der Waals surface area contributed by atoms with Gasteiger partial charge in [0.05, 0.1) is 0 Å². The average molecular weight is 244 g/mol. The van der Waals surface area contributed by atoms with Crippen LogP contribution in [0.4, 0.5) is 0 Å². The average Bonchev–Trinajstić information content (AvgIpc) is 2.20. The first-order chi connectivity index (χ1) is 7.49. The van der Waals surface area contributed by atoms with Crippen LogP contribution in [0.3, 0.4) is 0 Å². The molecule has 0 heterocycles. The number of carbonyl (C=O) groups is 2.